The summed E-state index contributed by atoms with van der Waals surface area (Å²) in [5.74, 6) is 1.79. The number of ether oxygens (including phenoxy) is 3. The summed E-state index contributed by atoms with van der Waals surface area (Å²) in [4.78, 5) is 0. The maximum atomic E-state index is 5.39. The molecule has 0 saturated heterocycles. The lowest BCUT2D eigenvalue weighted by Gasteiger charge is -2.14. The first-order valence-corrected chi connectivity index (χ1v) is 6.42. The minimum Gasteiger partial charge on any atom is -0.493 e. The summed E-state index contributed by atoms with van der Waals surface area (Å²) in [6, 6.07) is 9.61. The summed E-state index contributed by atoms with van der Waals surface area (Å²) >= 11 is 0. The highest BCUT2D eigenvalue weighted by atomic mass is 16.5. The Morgan fingerprint density at radius 3 is 2.29 bits per heavy atom. The van der Waals surface area contributed by atoms with Crippen molar-refractivity contribution in [1.29, 1.82) is 0 Å². The summed E-state index contributed by atoms with van der Waals surface area (Å²) in [6.07, 6.45) is 1.70. The van der Waals surface area contributed by atoms with Gasteiger partial charge in [0, 0.05) is 5.39 Å². The van der Waals surface area contributed by atoms with E-state index in [1.165, 1.54) is 0 Å². The van der Waals surface area contributed by atoms with Crippen LogP contribution >= 0.6 is 0 Å². The van der Waals surface area contributed by atoms with Crippen LogP contribution < -0.4 is 14.2 Å². The Morgan fingerprint density at radius 2 is 1.67 bits per heavy atom. The van der Waals surface area contributed by atoms with Gasteiger partial charge in [-0.05, 0) is 29.3 Å². The second-order valence-corrected chi connectivity index (χ2v) is 4.46. The van der Waals surface area contributed by atoms with E-state index in [0.717, 1.165) is 22.1 Å². The summed E-state index contributed by atoms with van der Waals surface area (Å²) in [6.45, 7) is 0. The van der Waals surface area contributed by atoms with Crippen LogP contribution in [0, 0.1) is 0 Å². The van der Waals surface area contributed by atoms with Crippen molar-refractivity contribution >= 4 is 11.0 Å². The molecule has 3 rings (SSSR count). The number of hydrogen-bond donors (Lipinski definition) is 0. The Morgan fingerprint density at radius 1 is 0.952 bits per heavy atom. The number of benzene rings is 2. The van der Waals surface area contributed by atoms with Crippen LogP contribution in [0.5, 0.6) is 17.2 Å². The van der Waals surface area contributed by atoms with E-state index in [4.69, 9.17) is 18.7 Å². The van der Waals surface area contributed by atoms with Gasteiger partial charge >= 0.3 is 0 Å². The van der Waals surface area contributed by atoms with Crippen LogP contribution in [0.3, 0.4) is 0 Å². The van der Waals surface area contributed by atoms with Crippen molar-refractivity contribution in [3.8, 4) is 28.4 Å². The Kier molecular flexibility index (Phi) is 3.39. The van der Waals surface area contributed by atoms with E-state index < -0.39 is 0 Å². The average Bonchev–Trinajstić information content (AvgIpc) is 3.01. The molecule has 0 N–H and O–H groups in total. The predicted octanol–water partition coefficient (Wildman–Crippen LogP) is 3.52. The average molecular weight is 285 g/mol. The molecule has 1 aromatic heterocycles. The zero-order valence-corrected chi connectivity index (χ0v) is 12.0. The topological polar surface area (TPSA) is 53.7 Å². The van der Waals surface area contributed by atoms with Gasteiger partial charge < -0.3 is 18.7 Å². The summed E-state index contributed by atoms with van der Waals surface area (Å²) < 4.78 is 21.3. The summed E-state index contributed by atoms with van der Waals surface area (Å²) in [7, 11) is 4.78. The number of rotatable bonds is 4. The third kappa shape index (κ3) is 2.16. The van der Waals surface area contributed by atoms with Crippen molar-refractivity contribution in [2.24, 2.45) is 0 Å². The lowest BCUT2D eigenvalue weighted by molar-refractivity contribution is 0.324. The molecule has 0 aliphatic carbocycles. The number of methoxy groups -OCH3 is 3. The monoisotopic (exact) mass is 285 g/mol. The molecule has 0 atom stereocenters. The van der Waals surface area contributed by atoms with E-state index in [0.29, 0.717) is 17.2 Å². The third-order valence-corrected chi connectivity index (χ3v) is 3.37. The zero-order valence-electron chi connectivity index (χ0n) is 12.0. The van der Waals surface area contributed by atoms with E-state index in [9.17, 15) is 0 Å². The maximum absolute atomic E-state index is 5.39. The van der Waals surface area contributed by atoms with E-state index in [1.54, 1.807) is 27.5 Å². The van der Waals surface area contributed by atoms with E-state index in [-0.39, 0.29) is 0 Å². The van der Waals surface area contributed by atoms with Crippen molar-refractivity contribution in [3.63, 3.8) is 0 Å². The standard InChI is InChI=1S/C16H15NO4/c1-18-14-7-10(8-15(19-2)16(14)20-3)11-5-4-6-13-12(11)9-17-21-13/h4-9H,1-3H3. The van der Waals surface area contributed by atoms with Gasteiger partial charge in [0.2, 0.25) is 5.75 Å². The first kappa shape index (κ1) is 13.3. The Balaban J connectivity index is 2.25. The van der Waals surface area contributed by atoms with Gasteiger partial charge in [-0.15, -0.1) is 0 Å². The Bertz CT molecular complexity index is 754. The Labute approximate surface area is 122 Å². The van der Waals surface area contributed by atoms with Crippen LogP contribution in [0.15, 0.2) is 41.1 Å². The lowest BCUT2D eigenvalue weighted by atomic mass is 10.0. The number of fused-ring (bicyclic) bond motifs is 1. The molecule has 0 fully saturated rings. The Hall–Kier alpha value is -2.69. The molecule has 3 aromatic rings. The number of aromatic nitrogens is 1. The molecule has 0 radical (unpaired) electrons. The van der Waals surface area contributed by atoms with Gasteiger partial charge in [-0.2, -0.15) is 0 Å². The van der Waals surface area contributed by atoms with Crippen LogP contribution in [-0.4, -0.2) is 26.5 Å². The minimum atomic E-state index is 0.571. The largest absolute Gasteiger partial charge is 0.493 e. The molecule has 0 bridgehead atoms. The van der Waals surface area contributed by atoms with Crippen LogP contribution in [0.25, 0.3) is 22.1 Å². The van der Waals surface area contributed by atoms with Crippen LogP contribution in [0.4, 0.5) is 0 Å². The zero-order chi connectivity index (χ0) is 14.8. The van der Waals surface area contributed by atoms with Crippen molar-refractivity contribution in [2.45, 2.75) is 0 Å². The van der Waals surface area contributed by atoms with Crippen LogP contribution in [0.2, 0.25) is 0 Å². The fourth-order valence-corrected chi connectivity index (χ4v) is 2.38. The molecular weight excluding hydrogens is 270 g/mol. The fraction of sp³-hybridized carbons (Fsp3) is 0.188. The van der Waals surface area contributed by atoms with Crippen molar-refractivity contribution in [2.75, 3.05) is 21.3 Å². The van der Waals surface area contributed by atoms with E-state index in [1.807, 2.05) is 30.3 Å². The van der Waals surface area contributed by atoms with Gasteiger partial charge in [0.05, 0.1) is 27.5 Å². The molecule has 0 aliphatic heterocycles. The van der Waals surface area contributed by atoms with Crippen molar-refractivity contribution < 1.29 is 18.7 Å². The highest BCUT2D eigenvalue weighted by Crippen LogP contribution is 2.42. The second kappa shape index (κ2) is 5.36. The third-order valence-electron chi connectivity index (χ3n) is 3.37. The molecule has 21 heavy (non-hydrogen) atoms. The first-order chi connectivity index (χ1) is 10.3. The molecule has 0 saturated carbocycles. The molecule has 5 heteroatoms. The fourth-order valence-electron chi connectivity index (χ4n) is 2.38. The molecule has 0 aliphatic rings. The molecule has 0 spiro atoms. The lowest BCUT2D eigenvalue weighted by Crippen LogP contribution is -1.95. The van der Waals surface area contributed by atoms with E-state index >= 15 is 0 Å². The second-order valence-electron chi connectivity index (χ2n) is 4.46. The highest BCUT2D eigenvalue weighted by molar-refractivity contribution is 5.94. The number of nitrogens with zero attached hydrogens (tertiary/aromatic N) is 1. The summed E-state index contributed by atoms with van der Waals surface area (Å²) in [5, 5.41) is 4.78. The van der Waals surface area contributed by atoms with Crippen molar-refractivity contribution in [3.05, 3.63) is 36.5 Å². The SMILES string of the molecule is COc1cc(-c2cccc3oncc23)cc(OC)c1OC. The van der Waals surface area contributed by atoms with E-state index in [2.05, 4.69) is 5.16 Å². The molecular formula is C16H15NO4. The van der Waals surface area contributed by atoms with Gasteiger partial charge in [0.25, 0.3) is 0 Å². The normalized spacial score (nSPS) is 10.6. The molecule has 0 amide bonds. The van der Waals surface area contributed by atoms with Crippen molar-refractivity contribution in [1.82, 2.24) is 5.16 Å². The van der Waals surface area contributed by atoms with Gasteiger partial charge in [-0.25, -0.2) is 0 Å². The maximum Gasteiger partial charge on any atom is 0.203 e. The molecule has 108 valence electrons. The van der Waals surface area contributed by atoms with Gasteiger partial charge in [0.1, 0.15) is 0 Å². The van der Waals surface area contributed by atoms with Crippen LogP contribution in [-0.2, 0) is 0 Å². The highest BCUT2D eigenvalue weighted by Gasteiger charge is 2.15. The molecule has 0 unspecified atom stereocenters. The minimum absolute atomic E-state index is 0.571. The predicted molar refractivity (Wildman–Crippen MR) is 79.1 cm³/mol. The molecule has 1 heterocycles. The van der Waals surface area contributed by atoms with Gasteiger partial charge in [-0.1, -0.05) is 17.3 Å². The number of hydrogen-bond acceptors (Lipinski definition) is 5. The molecule has 5 nitrogen and oxygen atoms in total. The molecule has 2 aromatic carbocycles. The summed E-state index contributed by atoms with van der Waals surface area (Å²) in [5.41, 5.74) is 2.67. The quantitative estimate of drug-likeness (QED) is 0.734. The van der Waals surface area contributed by atoms with Gasteiger partial charge in [0.15, 0.2) is 17.1 Å². The van der Waals surface area contributed by atoms with Crippen LogP contribution in [0.1, 0.15) is 0 Å². The van der Waals surface area contributed by atoms with Gasteiger partial charge in [-0.3, -0.25) is 0 Å². The first-order valence-electron chi connectivity index (χ1n) is 6.42. The smallest absolute Gasteiger partial charge is 0.203 e.